The summed E-state index contributed by atoms with van der Waals surface area (Å²) in [6, 6.07) is 11.4. The first kappa shape index (κ1) is 20.3. The van der Waals surface area contributed by atoms with E-state index in [1.807, 2.05) is 64.1 Å². The van der Waals surface area contributed by atoms with Gasteiger partial charge in [0.1, 0.15) is 11.5 Å². The number of amides is 2. The molecule has 2 rings (SSSR count). The number of benzene rings is 2. The Morgan fingerprint density at radius 1 is 0.926 bits per heavy atom. The Labute approximate surface area is 159 Å². The van der Waals surface area contributed by atoms with Gasteiger partial charge in [0.15, 0.2) is 12.7 Å². The van der Waals surface area contributed by atoms with Gasteiger partial charge in [-0.25, -0.2) is 0 Å². The SMILES string of the molecule is Cc1cccc(O[C@@H](C)C(=O)NNC(=O)COc2c(C)cccc2C)c1C. The highest BCUT2D eigenvalue weighted by atomic mass is 16.5. The van der Waals surface area contributed by atoms with Gasteiger partial charge in [0, 0.05) is 0 Å². The maximum Gasteiger partial charge on any atom is 0.279 e. The molecule has 144 valence electrons. The van der Waals surface area contributed by atoms with Crippen molar-refractivity contribution in [3.63, 3.8) is 0 Å². The number of carbonyl (C=O) groups excluding carboxylic acids is 2. The van der Waals surface area contributed by atoms with E-state index in [-0.39, 0.29) is 6.61 Å². The largest absolute Gasteiger partial charge is 0.483 e. The lowest BCUT2D eigenvalue weighted by Gasteiger charge is -2.17. The zero-order valence-electron chi connectivity index (χ0n) is 16.4. The van der Waals surface area contributed by atoms with Crippen LogP contribution in [-0.4, -0.2) is 24.5 Å². The van der Waals surface area contributed by atoms with E-state index in [0.29, 0.717) is 11.5 Å². The molecular weight excluding hydrogens is 344 g/mol. The Kier molecular flexibility index (Phi) is 6.82. The first-order chi connectivity index (χ1) is 12.8. The fourth-order valence-electron chi connectivity index (χ4n) is 2.53. The van der Waals surface area contributed by atoms with Crippen molar-refractivity contribution < 1.29 is 19.1 Å². The normalized spacial score (nSPS) is 11.4. The van der Waals surface area contributed by atoms with Crippen LogP contribution in [0.4, 0.5) is 0 Å². The van der Waals surface area contributed by atoms with E-state index in [1.165, 1.54) is 0 Å². The van der Waals surface area contributed by atoms with Gasteiger partial charge in [-0.1, -0.05) is 30.3 Å². The van der Waals surface area contributed by atoms with Crippen molar-refractivity contribution in [3.8, 4) is 11.5 Å². The molecule has 0 bridgehead atoms. The summed E-state index contributed by atoms with van der Waals surface area (Å²) < 4.78 is 11.2. The van der Waals surface area contributed by atoms with Crippen molar-refractivity contribution >= 4 is 11.8 Å². The van der Waals surface area contributed by atoms with Gasteiger partial charge in [-0.2, -0.15) is 0 Å². The lowest BCUT2D eigenvalue weighted by molar-refractivity contribution is -0.133. The van der Waals surface area contributed by atoms with E-state index in [1.54, 1.807) is 6.92 Å². The Morgan fingerprint density at radius 2 is 1.52 bits per heavy atom. The summed E-state index contributed by atoms with van der Waals surface area (Å²) in [6.45, 7) is 9.16. The minimum absolute atomic E-state index is 0.196. The molecular formula is C21H26N2O4. The Bertz CT molecular complexity index is 813. The molecule has 0 spiro atoms. The molecule has 6 heteroatoms. The third-order valence-electron chi connectivity index (χ3n) is 4.31. The second-order valence-electron chi connectivity index (χ2n) is 6.51. The molecule has 0 radical (unpaired) electrons. The topological polar surface area (TPSA) is 76.7 Å². The van der Waals surface area contributed by atoms with Crippen LogP contribution in [0.5, 0.6) is 11.5 Å². The molecule has 1 atom stereocenters. The number of aryl methyl sites for hydroxylation is 3. The van der Waals surface area contributed by atoms with E-state index in [9.17, 15) is 9.59 Å². The number of carbonyl (C=O) groups is 2. The highest BCUT2D eigenvalue weighted by Gasteiger charge is 2.17. The molecule has 0 fully saturated rings. The first-order valence-corrected chi connectivity index (χ1v) is 8.80. The van der Waals surface area contributed by atoms with Crippen LogP contribution < -0.4 is 20.3 Å². The fraction of sp³-hybridized carbons (Fsp3) is 0.333. The van der Waals surface area contributed by atoms with Crippen LogP contribution in [0.15, 0.2) is 36.4 Å². The van der Waals surface area contributed by atoms with Gasteiger partial charge in [-0.05, 0) is 62.9 Å². The van der Waals surface area contributed by atoms with Gasteiger partial charge < -0.3 is 9.47 Å². The number of nitrogens with one attached hydrogen (secondary N) is 2. The van der Waals surface area contributed by atoms with Crippen LogP contribution in [0, 0.1) is 27.7 Å². The quantitative estimate of drug-likeness (QED) is 0.767. The molecule has 0 aromatic heterocycles. The molecule has 0 saturated heterocycles. The summed E-state index contributed by atoms with van der Waals surface area (Å²) in [7, 11) is 0. The molecule has 0 heterocycles. The average Bonchev–Trinajstić information content (AvgIpc) is 2.63. The molecule has 2 aromatic carbocycles. The van der Waals surface area contributed by atoms with Crippen LogP contribution in [0.2, 0.25) is 0 Å². The van der Waals surface area contributed by atoms with Crippen molar-refractivity contribution in [2.24, 2.45) is 0 Å². The third kappa shape index (κ3) is 5.48. The van der Waals surface area contributed by atoms with Gasteiger partial charge in [-0.15, -0.1) is 0 Å². The summed E-state index contributed by atoms with van der Waals surface area (Å²) in [5.41, 5.74) is 8.65. The van der Waals surface area contributed by atoms with Gasteiger partial charge >= 0.3 is 0 Å². The van der Waals surface area contributed by atoms with Crippen molar-refractivity contribution in [2.75, 3.05) is 6.61 Å². The number of hydrazine groups is 1. The molecule has 0 unspecified atom stereocenters. The van der Waals surface area contributed by atoms with Crippen molar-refractivity contribution in [1.82, 2.24) is 10.9 Å². The molecule has 0 saturated carbocycles. The smallest absolute Gasteiger partial charge is 0.279 e. The predicted octanol–water partition coefficient (Wildman–Crippen LogP) is 2.91. The van der Waals surface area contributed by atoms with Crippen molar-refractivity contribution in [2.45, 2.75) is 40.7 Å². The number of hydrogen-bond donors (Lipinski definition) is 2. The van der Waals surface area contributed by atoms with E-state index in [2.05, 4.69) is 10.9 Å². The zero-order valence-corrected chi connectivity index (χ0v) is 16.4. The van der Waals surface area contributed by atoms with Crippen LogP contribution in [-0.2, 0) is 9.59 Å². The average molecular weight is 370 g/mol. The number of para-hydroxylation sites is 1. The first-order valence-electron chi connectivity index (χ1n) is 8.80. The summed E-state index contributed by atoms with van der Waals surface area (Å²) in [6.07, 6.45) is -0.759. The summed E-state index contributed by atoms with van der Waals surface area (Å²) in [5, 5.41) is 0. The summed E-state index contributed by atoms with van der Waals surface area (Å²) in [5.74, 6) is 0.411. The van der Waals surface area contributed by atoms with Gasteiger partial charge in [0.2, 0.25) is 0 Å². The minimum atomic E-state index is -0.759. The Hall–Kier alpha value is -3.02. The molecule has 0 aliphatic carbocycles. The Morgan fingerprint density at radius 3 is 2.19 bits per heavy atom. The second kappa shape index (κ2) is 9.07. The molecule has 0 aliphatic rings. The van der Waals surface area contributed by atoms with Crippen LogP contribution in [0.25, 0.3) is 0 Å². The van der Waals surface area contributed by atoms with Crippen LogP contribution >= 0.6 is 0 Å². The van der Waals surface area contributed by atoms with Crippen LogP contribution in [0.3, 0.4) is 0 Å². The summed E-state index contributed by atoms with van der Waals surface area (Å²) in [4.78, 5) is 24.1. The standard InChI is InChI=1S/C21H26N2O4/c1-13-8-7-11-18(16(13)4)27-17(5)21(25)23-22-19(24)12-26-20-14(2)9-6-10-15(20)3/h6-11,17H,12H2,1-5H3,(H,22,24)(H,23,25)/t17-/m0/s1. The van der Waals surface area contributed by atoms with Gasteiger partial charge in [0.05, 0.1) is 0 Å². The van der Waals surface area contributed by atoms with Gasteiger partial charge in [0.25, 0.3) is 11.8 Å². The van der Waals surface area contributed by atoms with E-state index < -0.39 is 17.9 Å². The molecule has 6 nitrogen and oxygen atoms in total. The fourth-order valence-corrected chi connectivity index (χ4v) is 2.53. The molecule has 2 N–H and O–H groups in total. The highest BCUT2D eigenvalue weighted by molar-refractivity contribution is 5.85. The lowest BCUT2D eigenvalue weighted by Crippen LogP contribution is -2.48. The molecule has 27 heavy (non-hydrogen) atoms. The second-order valence-corrected chi connectivity index (χ2v) is 6.51. The monoisotopic (exact) mass is 370 g/mol. The maximum absolute atomic E-state index is 12.1. The van der Waals surface area contributed by atoms with Gasteiger partial charge in [-0.3, -0.25) is 20.4 Å². The number of ether oxygens (including phenoxy) is 2. The Balaban J connectivity index is 1.82. The third-order valence-corrected chi connectivity index (χ3v) is 4.31. The zero-order chi connectivity index (χ0) is 20.0. The number of hydrogen-bond acceptors (Lipinski definition) is 4. The molecule has 0 aliphatic heterocycles. The maximum atomic E-state index is 12.1. The van der Waals surface area contributed by atoms with Crippen LogP contribution in [0.1, 0.15) is 29.2 Å². The van der Waals surface area contributed by atoms with Crippen molar-refractivity contribution in [3.05, 3.63) is 58.7 Å². The van der Waals surface area contributed by atoms with E-state index >= 15 is 0 Å². The van der Waals surface area contributed by atoms with Crippen molar-refractivity contribution in [1.29, 1.82) is 0 Å². The highest BCUT2D eigenvalue weighted by Crippen LogP contribution is 2.22. The number of rotatable bonds is 6. The molecule has 2 aromatic rings. The predicted molar refractivity (Wildman–Crippen MR) is 104 cm³/mol. The van der Waals surface area contributed by atoms with E-state index in [4.69, 9.17) is 9.47 Å². The molecule has 2 amide bonds. The summed E-state index contributed by atoms with van der Waals surface area (Å²) >= 11 is 0. The lowest BCUT2D eigenvalue weighted by atomic mass is 10.1. The minimum Gasteiger partial charge on any atom is -0.483 e. The van der Waals surface area contributed by atoms with E-state index in [0.717, 1.165) is 22.3 Å².